The topological polar surface area (TPSA) is 88.2 Å². The monoisotopic (exact) mass is 247 g/mol. The van der Waals surface area contributed by atoms with Gasteiger partial charge in [0.2, 0.25) is 0 Å². The van der Waals surface area contributed by atoms with Gasteiger partial charge in [-0.1, -0.05) is 0 Å². The Morgan fingerprint density at radius 3 is 2.61 bits per heavy atom. The van der Waals surface area contributed by atoms with E-state index in [-0.39, 0.29) is 17.1 Å². The molecule has 0 aliphatic rings. The van der Waals surface area contributed by atoms with Gasteiger partial charge in [0, 0.05) is 5.69 Å². The van der Waals surface area contributed by atoms with Gasteiger partial charge in [-0.25, -0.2) is 14.2 Å². The summed E-state index contributed by atoms with van der Waals surface area (Å²) in [5.41, 5.74) is 6.14. The number of hydrogen-bond acceptors (Lipinski definition) is 4. The molecule has 1 heterocycles. The highest BCUT2D eigenvalue weighted by Crippen LogP contribution is 2.19. The molecule has 0 atom stereocenters. The lowest BCUT2D eigenvalue weighted by atomic mass is 10.2. The summed E-state index contributed by atoms with van der Waals surface area (Å²) < 4.78 is 12.7. The van der Waals surface area contributed by atoms with E-state index in [2.05, 4.69) is 10.3 Å². The minimum atomic E-state index is -1.13. The Balaban J connectivity index is 2.27. The number of nitrogens with one attached hydrogen (secondary N) is 1. The number of pyridine rings is 1. The van der Waals surface area contributed by atoms with Gasteiger partial charge < -0.3 is 16.2 Å². The van der Waals surface area contributed by atoms with Crippen LogP contribution in [0.15, 0.2) is 36.5 Å². The third-order valence-corrected chi connectivity index (χ3v) is 2.28. The number of aromatic carboxylic acids is 1. The molecule has 0 aliphatic carbocycles. The molecule has 92 valence electrons. The molecule has 0 amide bonds. The summed E-state index contributed by atoms with van der Waals surface area (Å²) in [7, 11) is 0. The number of aromatic nitrogens is 1. The lowest BCUT2D eigenvalue weighted by molar-refractivity contribution is 0.0698. The lowest BCUT2D eigenvalue weighted by Crippen LogP contribution is -2.05. The molecule has 0 bridgehead atoms. The smallest absolute Gasteiger partial charge is 0.337 e. The molecule has 1 aromatic heterocycles. The van der Waals surface area contributed by atoms with Crippen LogP contribution >= 0.6 is 0 Å². The fraction of sp³-hybridized carbons (Fsp3) is 0. The van der Waals surface area contributed by atoms with Crippen molar-refractivity contribution in [2.24, 2.45) is 0 Å². The number of halogens is 1. The Morgan fingerprint density at radius 2 is 2.00 bits per heavy atom. The zero-order valence-electron chi connectivity index (χ0n) is 9.22. The summed E-state index contributed by atoms with van der Waals surface area (Å²) in [6.07, 6.45) is 1.26. The third-order valence-electron chi connectivity index (χ3n) is 2.28. The van der Waals surface area contributed by atoms with Gasteiger partial charge in [-0.05, 0) is 30.3 Å². The molecular formula is C12H10FN3O2. The van der Waals surface area contributed by atoms with E-state index in [0.29, 0.717) is 11.5 Å². The lowest BCUT2D eigenvalue weighted by Gasteiger charge is -2.07. The first-order chi connectivity index (χ1) is 8.56. The van der Waals surface area contributed by atoms with Crippen molar-refractivity contribution in [3.05, 3.63) is 47.9 Å². The van der Waals surface area contributed by atoms with Gasteiger partial charge in [0.25, 0.3) is 0 Å². The van der Waals surface area contributed by atoms with Crippen molar-refractivity contribution in [2.45, 2.75) is 0 Å². The van der Waals surface area contributed by atoms with Crippen molar-refractivity contribution in [3.8, 4) is 0 Å². The Bertz CT molecular complexity index is 584. The molecule has 0 spiro atoms. The van der Waals surface area contributed by atoms with E-state index in [0.717, 1.165) is 0 Å². The number of carboxylic acids is 1. The number of benzene rings is 1. The van der Waals surface area contributed by atoms with E-state index in [1.807, 2.05) is 0 Å². The molecule has 4 N–H and O–H groups in total. The minimum Gasteiger partial charge on any atom is -0.478 e. The highest BCUT2D eigenvalue weighted by atomic mass is 19.1. The van der Waals surface area contributed by atoms with Crippen LogP contribution in [0.5, 0.6) is 0 Å². The second-order valence-corrected chi connectivity index (χ2v) is 3.59. The second kappa shape index (κ2) is 4.70. The van der Waals surface area contributed by atoms with Gasteiger partial charge in [0.1, 0.15) is 11.6 Å². The van der Waals surface area contributed by atoms with Crippen LogP contribution < -0.4 is 11.1 Å². The molecule has 1 aromatic carbocycles. The number of nitrogen functional groups attached to an aromatic ring is 1. The normalized spacial score (nSPS) is 10.1. The summed E-state index contributed by atoms with van der Waals surface area (Å²) in [6.45, 7) is 0. The van der Waals surface area contributed by atoms with E-state index in [1.54, 1.807) is 0 Å². The minimum absolute atomic E-state index is 0.0328. The van der Waals surface area contributed by atoms with Crippen LogP contribution in [0.1, 0.15) is 10.4 Å². The molecule has 0 saturated carbocycles. The number of anilines is 3. The Hall–Kier alpha value is -2.63. The van der Waals surface area contributed by atoms with E-state index < -0.39 is 5.97 Å². The fourth-order valence-electron chi connectivity index (χ4n) is 1.40. The van der Waals surface area contributed by atoms with Gasteiger partial charge in [-0.2, -0.15) is 0 Å². The molecule has 0 aliphatic heterocycles. The molecular weight excluding hydrogens is 237 g/mol. The van der Waals surface area contributed by atoms with E-state index in [1.165, 1.54) is 36.5 Å². The Morgan fingerprint density at radius 1 is 1.33 bits per heavy atom. The van der Waals surface area contributed by atoms with Crippen molar-refractivity contribution >= 4 is 23.2 Å². The molecule has 0 radical (unpaired) electrons. The molecule has 2 aromatic rings. The first kappa shape index (κ1) is 11.8. The average Bonchev–Trinajstić information content (AvgIpc) is 2.34. The van der Waals surface area contributed by atoms with Gasteiger partial charge in [-0.15, -0.1) is 0 Å². The van der Waals surface area contributed by atoms with Gasteiger partial charge in [0.05, 0.1) is 17.4 Å². The standard InChI is InChI=1S/C12H10FN3O2/c13-7-1-3-8(4-2-7)16-11-5-9(12(17)18)10(14)6-15-11/h1-6H,14H2,(H,15,16)(H,17,18). The van der Waals surface area contributed by atoms with Crippen LogP contribution in [0.2, 0.25) is 0 Å². The predicted octanol–water partition coefficient (Wildman–Crippen LogP) is 2.24. The number of carboxylic acid groups (broad SMARTS) is 1. The fourth-order valence-corrected chi connectivity index (χ4v) is 1.40. The number of hydrogen-bond donors (Lipinski definition) is 3. The quantitative estimate of drug-likeness (QED) is 0.774. The maximum atomic E-state index is 12.7. The maximum Gasteiger partial charge on any atom is 0.337 e. The van der Waals surface area contributed by atoms with Crippen molar-refractivity contribution in [1.82, 2.24) is 4.98 Å². The SMILES string of the molecule is Nc1cnc(Nc2ccc(F)cc2)cc1C(=O)O. The molecule has 6 heteroatoms. The van der Waals surface area contributed by atoms with Crippen LogP contribution in [-0.2, 0) is 0 Å². The summed E-state index contributed by atoms with van der Waals surface area (Å²) >= 11 is 0. The molecule has 18 heavy (non-hydrogen) atoms. The summed E-state index contributed by atoms with van der Waals surface area (Å²) in [5.74, 6) is -1.15. The van der Waals surface area contributed by atoms with Crippen LogP contribution in [0.25, 0.3) is 0 Å². The van der Waals surface area contributed by atoms with Crippen LogP contribution in [0.4, 0.5) is 21.6 Å². The van der Waals surface area contributed by atoms with Crippen LogP contribution in [-0.4, -0.2) is 16.1 Å². The predicted molar refractivity (Wildman–Crippen MR) is 65.3 cm³/mol. The zero-order valence-corrected chi connectivity index (χ0v) is 9.22. The summed E-state index contributed by atoms with van der Waals surface area (Å²) in [5, 5.41) is 11.8. The number of nitrogens with two attached hydrogens (primary N) is 1. The maximum absolute atomic E-state index is 12.7. The van der Waals surface area contributed by atoms with E-state index in [4.69, 9.17) is 10.8 Å². The van der Waals surface area contributed by atoms with Crippen molar-refractivity contribution in [3.63, 3.8) is 0 Å². The molecule has 5 nitrogen and oxygen atoms in total. The van der Waals surface area contributed by atoms with Crippen LogP contribution in [0.3, 0.4) is 0 Å². The first-order valence-corrected chi connectivity index (χ1v) is 5.07. The third kappa shape index (κ3) is 2.54. The Labute approximate surface area is 102 Å². The zero-order chi connectivity index (χ0) is 13.1. The van der Waals surface area contributed by atoms with Gasteiger partial charge in [0.15, 0.2) is 0 Å². The van der Waals surface area contributed by atoms with E-state index >= 15 is 0 Å². The van der Waals surface area contributed by atoms with Crippen molar-refractivity contribution < 1.29 is 14.3 Å². The summed E-state index contributed by atoms with van der Waals surface area (Å²) in [6, 6.07) is 6.94. The average molecular weight is 247 g/mol. The first-order valence-electron chi connectivity index (χ1n) is 5.07. The molecule has 0 saturated heterocycles. The van der Waals surface area contributed by atoms with E-state index in [9.17, 15) is 9.18 Å². The van der Waals surface area contributed by atoms with Crippen molar-refractivity contribution in [1.29, 1.82) is 0 Å². The van der Waals surface area contributed by atoms with Gasteiger partial charge >= 0.3 is 5.97 Å². The highest BCUT2D eigenvalue weighted by molar-refractivity contribution is 5.94. The molecule has 0 fully saturated rings. The molecule has 0 unspecified atom stereocenters. The number of carbonyl (C=O) groups is 1. The molecule has 2 rings (SSSR count). The number of rotatable bonds is 3. The van der Waals surface area contributed by atoms with Gasteiger partial charge in [-0.3, -0.25) is 0 Å². The second-order valence-electron chi connectivity index (χ2n) is 3.59. The summed E-state index contributed by atoms with van der Waals surface area (Å²) in [4.78, 5) is 14.8. The Kier molecular flexibility index (Phi) is 3.09. The van der Waals surface area contributed by atoms with Crippen molar-refractivity contribution in [2.75, 3.05) is 11.1 Å². The largest absolute Gasteiger partial charge is 0.478 e. The van der Waals surface area contributed by atoms with Crippen LogP contribution in [0, 0.1) is 5.82 Å². The number of nitrogens with zero attached hydrogens (tertiary/aromatic N) is 1. The highest BCUT2D eigenvalue weighted by Gasteiger charge is 2.09.